The van der Waals surface area contributed by atoms with E-state index in [2.05, 4.69) is 32.8 Å². The Labute approximate surface area is 258 Å². The molecule has 2 amide bonds. The van der Waals surface area contributed by atoms with E-state index in [1.165, 1.54) is 18.3 Å². The van der Waals surface area contributed by atoms with Gasteiger partial charge in [0.05, 0.1) is 28.4 Å². The number of hydrogen-bond donors (Lipinski definition) is 3. The summed E-state index contributed by atoms with van der Waals surface area (Å²) in [6, 6.07) is 25.8. The second kappa shape index (κ2) is 14.1. The van der Waals surface area contributed by atoms with Gasteiger partial charge in [0.25, 0.3) is 11.8 Å². The molecule has 0 radical (unpaired) electrons. The zero-order chi connectivity index (χ0) is 31.8. The van der Waals surface area contributed by atoms with E-state index >= 15 is 0 Å². The maximum Gasteiger partial charge on any atom is 0.416 e. The molecule has 0 unspecified atom stereocenters. The molecule has 3 N–H and O–H groups in total. The Bertz CT molecular complexity index is 1780. The number of fused-ring (bicyclic) bond motifs is 1. The Morgan fingerprint density at radius 3 is 2.38 bits per heavy atom. The van der Waals surface area contributed by atoms with Crippen molar-refractivity contribution in [1.29, 1.82) is 0 Å². The van der Waals surface area contributed by atoms with E-state index in [1.807, 2.05) is 30.3 Å². The fourth-order valence-electron chi connectivity index (χ4n) is 4.88. The van der Waals surface area contributed by atoms with Crippen LogP contribution in [0.1, 0.15) is 57.7 Å². The van der Waals surface area contributed by atoms with Crippen LogP contribution < -0.4 is 16.0 Å². The van der Waals surface area contributed by atoms with Crippen molar-refractivity contribution in [3.63, 3.8) is 0 Å². The van der Waals surface area contributed by atoms with Crippen LogP contribution in [0.3, 0.4) is 0 Å². The summed E-state index contributed by atoms with van der Waals surface area (Å²) in [6.45, 7) is 3.60. The van der Waals surface area contributed by atoms with E-state index in [1.54, 1.807) is 42.5 Å². The van der Waals surface area contributed by atoms with Crippen molar-refractivity contribution in [2.24, 2.45) is 0 Å². The number of halogens is 3. The van der Waals surface area contributed by atoms with Crippen LogP contribution in [-0.2, 0) is 6.18 Å². The second-order valence-electron chi connectivity index (χ2n) is 10.5. The third kappa shape index (κ3) is 7.90. The normalized spacial score (nSPS) is 12.1. The SMILES string of the molecule is CCCCNC[C@@H](NC(=O)c1ccc2nc(NC(=O)c3cccnc3-c3ccc(C(F)(F)F)cc3)ccc2c1)c1ccccc1. The van der Waals surface area contributed by atoms with Gasteiger partial charge < -0.3 is 16.0 Å². The lowest BCUT2D eigenvalue weighted by Gasteiger charge is -2.20. The van der Waals surface area contributed by atoms with E-state index in [0.717, 1.165) is 37.1 Å². The van der Waals surface area contributed by atoms with E-state index in [0.29, 0.717) is 28.6 Å². The molecule has 10 heteroatoms. The molecule has 2 aromatic heterocycles. The highest BCUT2D eigenvalue weighted by atomic mass is 19.4. The van der Waals surface area contributed by atoms with Crippen molar-refractivity contribution in [2.75, 3.05) is 18.4 Å². The van der Waals surface area contributed by atoms with Crippen LogP contribution in [0, 0.1) is 0 Å². The predicted molar refractivity (Wildman–Crippen MR) is 169 cm³/mol. The summed E-state index contributed by atoms with van der Waals surface area (Å²) < 4.78 is 39.0. The molecule has 0 aliphatic rings. The standard InChI is InChI=1S/C35H32F3N5O2/c1-2-3-19-39-22-30(23-8-5-4-6-9-23)42-33(44)26-13-17-29-25(21-26)14-18-31(41-29)43-34(45)28-10-7-20-40-32(28)24-11-15-27(16-12-24)35(36,37)38/h4-18,20-21,30,39H,2-3,19,22H2,1H3,(H,42,44)(H,41,43,45)/t30-/m1/s1. The molecule has 0 aliphatic carbocycles. The molecule has 2 heterocycles. The van der Waals surface area contributed by atoms with Crippen LogP contribution in [0.25, 0.3) is 22.2 Å². The van der Waals surface area contributed by atoms with E-state index in [-0.39, 0.29) is 29.0 Å². The lowest BCUT2D eigenvalue weighted by atomic mass is 10.0. The zero-order valence-corrected chi connectivity index (χ0v) is 24.6. The molecule has 0 saturated carbocycles. The topological polar surface area (TPSA) is 96.0 Å². The van der Waals surface area contributed by atoms with E-state index in [9.17, 15) is 22.8 Å². The average molecular weight is 612 g/mol. The number of carbonyl (C=O) groups is 2. The number of carbonyl (C=O) groups excluding carboxylic acids is 2. The number of nitrogens with one attached hydrogen (secondary N) is 3. The Balaban J connectivity index is 1.30. The summed E-state index contributed by atoms with van der Waals surface area (Å²) in [5, 5.41) is 10.0. The summed E-state index contributed by atoms with van der Waals surface area (Å²) in [5.41, 5.74) is 2.07. The van der Waals surface area contributed by atoms with Gasteiger partial charge >= 0.3 is 6.18 Å². The van der Waals surface area contributed by atoms with Gasteiger partial charge in [0.15, 0.2) is 0 Å². The van der Waals surface area contributed by atoms with Crippen molar-refractivity contribution in [2.45, 2.75) is 32.0 Å². The maximum absolute atomic E-state index is 13.3. The molecule has 0 saturated heterocycles. The third-order valence-corrected chi connectivity index (χ3v) is 7.29. The molecule has 0 spiro atoms. The van der Waals surface area contributed by atoms with Crippen LogP contribution in [0.4, 0.5) is 19.0 Å². The molecule has 45 heavy (non-hydrogen) atoms. The highest BCUT2D eigenvalue weighted by Gasteiger charge is 2.30. The molecular weight excluding hydrogens is 579 g/mol. The number of nitrogens with zero attached hydrogens (tertiary/aromatic N) is 2. The first-order valence-corrected chi connectivity index (χ1v) is 14.6. The number of pyridine rings is 2. The first kappa shape index (κ1) is 31.3. The number of rotatable bonds is 11. The number of unbranched alkanes of at least 4 members (excludes halogenated alkanes) is 1. The lowest BCUT2D eigenvalue weighted by Crippen LogP contribution is -2.36. The molecule has 0 aliphatic heterocycles. The Hall–Kier alpha value is -5.09. The van der Waals surface area contributed by atoms with Crippen molar-refractivity contribution in [3.05, 3.63) is 126 Å². The highest BCUT2D eigenvalue weighted by molar-refractivity contribution is 6.08. The quantitative estimate of drug-likeness (QED) is 0.135. The van der Waals surface area contributed by atoms with Gasteiger partial charge in [-0.2, -0.15) is 13.2 Å². The monoisotopic (exact) mass is 611 g/mol. The van der Waals surface area contributed by atoms with Crippen LogP contribution >= 0.6 is 0 Å². The number of alkyl halides is 3. The van der Waals surface area contributed by atoms with Gasteiger partial charge in [-0.15, -0.1) is 0 Å². The average Bonchev–Trinajstić information content (AvgIpc) is 3.06. The fourth-order valence-corrected chi connectivity index (χ4v) is 4.88. The molecule has 7 nitrogen and oxygen atoms in total. The fraction of sp³-hybridized carbons (Fsp3) is 0.200. The number of benzene rings is 3. The lowest BCUT2D eigenvalue weighted by molar-refractivity contribution is -0.137. The molecular formula is C35H32F3N5O2. The molecule has 3 aromatic carbocycles. The minimum atomic E-state index is -4.47. The predicted octanol–water partition coefficient (Wildman–Crippen LogP) is 7.43. The van der Waals surface area contributed by atoms with Crippen LogP contribution in [0.15, 0.2) is 103 Å². The smallest absolute Gasteiger partial charge is 0.344 e. The molecule has 230 valence electrons. The number of amides is 2. The first-order valence-electron chi connectivity index (χ1n) is 14.6. The Morgan fingerprint density at radius 2 is 1.64 bits per heavy atom. The Kier molecular flexibility index (Phi) is 9.84. The van der Waals surface area contributed by atoms with E-state index < -0.39 is 17.6 Å². The van der Waals surface area contributed by atoms with Gasteiger partial charge in [-0.1, -0.05) is 55.8 Å². The molecule has 5 rings (SSSR count). The minimum Gasteiger partial charge on any atom is -0.344 e. The van der Waals surface area contributed by atoms with Crippen LogP contribution in [-0.4, -0.2) is 34.9 Å². The number of anilines is 1. The van der Waals surface area contributed by atoms with E-state index in [4.69, 9.17) is 0 Å². The summed E-state index contributed by atoms with van der Waals surface area (Å²) in [4.78, 5) is 35.3. The highest BCUT2D eigenvalue weighted by Crippen LogP contribution is 2.31. The summed E-state index contributed by atoms with van der Waals surface area (Å²) >= 11 is 0. The maximum atomic E-state index is 13.3. The number of aromatic nitrogens is 2. The zero-order valence-electron chi connectivity index (χ0n) is 24.6. The Morgan fingerprint density at radius 1 is 0.867 bits per heavy atom. The van der Waals surface area contributed by atoms with Crippen LogP contribution in [0.5, 0.6) is 0 Å². The molecule has 0 bridgehead atoms. The number of hydrogen-bond acceptors (Lipinski definition) is 5. The van der Waals surface area contributed by atoms with Gasteiger partial charge in [0.2, 0.25) is 0 Å². The van der Waals surface area contributed by atoms with Gasteiger partial charge in [-0.3, -0.25) is 14.6 Å². The van der Waals surface area contributed by atoms with Crippen molar-refractivity contribution >= 4 is 28.5 Å². The third-order valence-electron chi connectivity index (χ3n) is 7.29. The second-order valence-corrected chi connectivity index (χ2v) is 10.5. The first-order chi connectivity index (χ1) is 21.7. The largest absolute Gasteiger partial charge is 0.416 e. The molecule has 5 aromatic rings. The molecule has 1 atom stereocenters. The minimum absolute atomic E-state index is 0.184. The van der Waals surface area contributed by atoms with Gasteiger partial charge in [-0.05, 0) is 73.1 Å². The summed E-state index contributed by atoms with van der Waals surface area (Å²) in [5.74, 6) is -0.456. The van der Waals surface area contributed by atoms with Crippen molar-refractivity contribution < 1.29 is 22.8 Å². The van der Waals surface area contributed by atoms with Gasteiger partial charge in [-0.25, -0.2) is 4.98 Å². The summed E-state index contributed by atoms with van der Waals surface area (Å²) in [6.07, 6.45) is -0.862. The summed E-state index contributed by atoms with van der Waals surface area (Å²) in [7, 11) is 0. The van der Waals surface area contributed by atoms with Gasteiger partial charge in [0, 0.05) is 29.3 Å². The van der Waals surface area contributed by atoms with Crippen molar-refractivity contribution in [3.8, 4) is 11.3 Å². The van der Waals surface area contributed by atoms with Crippen molar-refractivity contribution in [1.82, 2.24) is 20.6 Å². The van der Waals surface area contributed by atoms with Gasteiger partial charge in [0.1, 0.15) is 5.82 Å². The van der Waals surface area contributed by atoms with Crippen LogP contribution in [0.2, 0.25) is 0 Å². The molecule has 0 fully saturated rings.